The first-order chi connectivity index (χ1) is 9.31. The second-order valence-electron chi connectivity index (χ2n) is 5.30. The number of hydrogen-bond acceptors (Lipinski definition) is 2. The van der Waals surface area contributed by atoms with Gasteiger partial charge in [0.1, 0.15) is 0 Å². The fraction of sp³-hybridized carbons (Fsp3) is 0.529. The normalized spacial score (nSPS) is 15.6. The lowest BCUT2D eigenvalue weighted by molar-refractivity contribution is 0.243. The first-order valence-corrected chi connectivity index (χ1v) is 7.39. The average molecular weight is 259 g/mol. The molecule has 0 saturated heterocycles. The summed E-state index contributed by atoms with van der Waals surface area (Å²) in [6.07, 6.45) is 7.73. The van der Waals surface area contributed by atoms with Crippen molar-refractivity contribution in [2.75, 3.05) is 13.2 Å². The van der Waals surface area contributed by atoms with Crippen LogP contribution in [0.2, 0.25) is 0 Å². The van der Waals surface area contributed by atoms with E-state index >= 15 is 0 Å². The van der Waals surface area contributed by atoms with E-state index in [0.29, 0.717) is 6.04 Å². The molecule has 0 aromatic heterocycles. The summed E-state index contributed by atoms with van der Waals surface area (Å²) in [5.74, 6) is 0. The molecule has 1 aromatic carbocycles. The Bertz CT molecular complexity index is 414. The monoisotopic (exact) mass is 259 g/mol. The number of ether oxygens (including phenoxy) is 1. The molecule has 0 amide bonds. The molecule has 1 N–H and O–H groups in total. The molecule has 0 aliphatic heterocycles. The van der Waals surface area contributed by atoms with E-state index in [1.165, 1.54) is 37.5 Å². The standard InChI is InChI=1S/C17H25NO/c1-3-19-12-6-11-18-14(2)16-10-9-15-7-4-5-8-17(15)13-16/h3,9-10,13-14,18H,1,4-8,11-12H2,2H3. The van der Waals surface area contributed by atoms with E-state index in [-0.39, 0.29) is 0 Å². The van der Waals surface area contributed by atoms with Crippen molar-refractivity contribution in [3.8, 4) is 0 Å². The minimum Gasteiger partial charge on any atom is -0.502 e. The Hall–Kier alpha value is -1.28. The Kier molecular flexibility index (Phi) is 5.46. The summed E-state index contributed by atoms with van der Waals surface area (Å²) in [5.41, 5.74) is 4.53. The van der Waals surface area contributed by atoms with Gasteiger partial charge < -0.3 is 10.1 Å². The minimum atomic E-state index is 0.413. The number of hydrogen-bond donors (Lipinski definition) is 1. The summed E-state index contributed by atoms with van der Waals surface area (Å²) in [6.45, 7) is 7.50. The molecule has 0 spiro atoms. The van der Waals surface area contributed by atoms with Crippen LogP contribution in [0.5, 0.6) is 0 Å². The van der Waals surface area contributed by atoms with Crippen molar-refractivity contribution in [2.24, 2.45) is 0 Å². The smallest absolute Gasteiger partial charge is 0.0885 e. The van der Waals surface area contributed by atoms with E-state index in [0.717, 1.165) is 19.6 Å². The number of aryl methyl sites for hydroxylation is 2. The molecule has 0 fully saturated rings. The number of fused-ring (bicyclic) bond motifs is 1. The lowest BCUT2D eigenvalue weighted by Gasteiger charge is -2.20. The van der Waals surface area contributed by atoms with Crippen molar-refractivity contribution in [2.45, 2.75) is 45.1 Å². The summed E-state index contributed by atoms with van der Waals surface area (Å²) in [6, 6.07) is 7.41. The van der Waals surface area contributed by atoms with Crippen LogP contribution in [-0.2, 0) is 17.6 Å². The molecule has 1 aliphatic rings. The highest BCUT2D eigenvalue weighted by Crippen LogP contribution is 2.24. The molecule has 1 aliphatic carbocycles. The van der Waals surface area contributed by atoms with Gasteiger partial charge in [0.2, 0.25) is 0 Å². The Labute approximate surface area is 116 Å². The van der Waals surface area contributed by atoms with E-state index in [2.05, 4.69) is 37.0 Å². The maximum Gasteiger partial charge on any atom is 0.0885 e. The van der Waals surface area contributed by atoms with Crippen LogP contribution in [-0.4, -0.2) is 13.2 Å². The van der Waals surface area contributed by atoms with Crippen LogP contribution >= 0.6 is 0 Å². The fourth-order valence-corrected chi connectivity index (χ4v) is 2.70. The predicted octanol–water partition coefficient (Wildman–Crippen LogP) is 3.77. The van der Waals surface area contributed by atoms with Gasteiger partial charge in [0.15, 0.2) is 0 Å². The van der Waals surface area contributed by atoms with E-state index in [9.17, 15) is 0 Å². The zero-order chi connectivity index (χ0) is 13.5. The molecule has 2 nitrogen and oxygen atoms in total. The van der Waals surface area contributed by atoms with E-state index in [1.54, 1.807) is 11.1 Å². The van der Waals surface area contributed by atoms with Gasteiger partial charge in [-0.3, -0.25) is 0 Å². The minimum absolute atomic E-state index is 0.413. The summed E-state index contributed by atoms with van der Waals surface area (Å²) in [5, 5.41) is 3.55. The van der Waals surface area contributed by atoms with Crippen molar-refractivity contribution >= 4 is 0 Å². The molecular weight excluding hydrogens is 234 g/mol. The summed E-state index contributed by atoms with van der Waals surface area (Å²) < 4.78 is 5.12. The Morgan fingerprint density at radius 2 is 2.11 bits per heavy atom. The third-order valence-corrected chi connectivity index (χ3v) is 3.88. The number of rotatable bonds is 7. The SMILES string of the molecule is C=COCCCNC(C)c1ccc2c(c1)CCCC2. The van der Waals surface area contributed by atoms with E-state index < -0.39 is 0 Å². The zero-order valence-electron chi connectivity index (χ0n) is 12.0. The fourth-order valence-electron chi connectivity index (χ4n) is 2.70. The largest absolute Gasteiger partial charge is 0.502 e. The average Bonchev–Trinajstić information content (AvgIpc) is 2.46. The van der Waals surface area contributed by atoms with Crippen LogP contribution in [0, 0.1) is 0 Å². The molecule has 19 heavy (non-hydrogen) atoms. The number of benzene rings is 1. The van der Waals surface area contributed by atoms with Crippen molar-refractivity contribution in [3.63, 3.8) is 0 Å². The summed E-state index contributed by atoms with van der Waals surface area (Å²) >= 11 is 0. The van der Waals surface area contributed by atoms with Gasteiger partial charge in [-0.15, -0.1) is 0 Å². The van der Waals surface area contributed by atoms with Crippen LogP contribution < -0.4 is 5.32 Å². The van der Waals surface area contributed by atoms with Gasteiger partial charge >= 0.3 is 0 Å². The topological polar surface area (TPSA) is 21.3 Å². The Morgan fingerprint density at radius 1 is 1.32 bits per heavy atom. The second-order valence-corrected chi connectivity index (χ2v) is 5.30. The third-order valence-electron chi connectivity index (χ3n) is 3.88. The molecule has 1 atom stereocenters. The first-order valence-electron chi connectivity index (χ1n) is 7.39. The van der Waals surface area contributed by atoms with Crippen molar-refractivity contribution in [1.29, 1.82) is 0 Å². The second kappa shape index (κ2) is 7.34. The molecule has 104 valence electrons. The highest BCUT2D eigenvalue weighted by molar-refractivity contribution is 5.35. The molecule has 1 unspecified atom stereocenters. The molecule has 1 aromatic rings. The number of nitrogens with one attached hydrogen (secondary N) is 1. The molecule has 0 heterocycles. The summed E-state index contributed by atoms with van der Waals surface area (Å²) in [4.78, 5) is 0. The van der Waals surface area contributed by atoms with Gasteiger partial charge in [-0.05, 0) is 62.3 Å². The highest BCUT2D eigenvalue weighted by atomic mass is 16.5. The van der Waals surface area contributed by atoms with Gasteiger partial charge in [0, 0.05) is 6.04 Å². The van der Waals surface area contributed by atoms with Crippen LogP contribution in [0.1, 0.15) is 48.9 Å². The van der Waals surface area contributed by atoms with Gasteiger partial charge in [-0.25, -0.2) is 0 Å². The highest BCUT2D eigenvalue weighted by Gasteiger charge is 2.11. The first kappa shape index (κ1) is 14.1. The van der Waals surface area contributed by atoms with Gasteiger partial charge in [0.05, 0.1) is 12.9 Å². The van der Waals surface area contributed by atoms with Crippen molar-refractivity contribution in [3.05, 3.63) is 47.7 Å². The lowest BCUT2D eigenvalue weighted by atomic mass is 9.89. The Balaban J connectivity index is 1.85. The van der Waals surface area contributed by atoms with Gasteiger partial charge in [-0.2, -0.15) is 0 Å². The van der Waals surface area contributed by atoms with Crippen LogP contribution in [0.3, 0.4) is 0 Å². The van der Waals surface area contributed by atoms with Crippen LogP contribution in [0.25, 0.3) is 0 Å². The van der Waals surface area contributed by atoms with Crippen LogP contribution in [0.4, 0.5) is 0 Å². The van der Waals surface area contributed by atoms with Crippen LogP contribution in [0.15, 0.2) is 31.0 Å². The third kappa shape index (κ3) is 4.10. The van der Waals surface area contributed by atoms with Crippen molar-refractivity contribution in [1.82, 2.24) is 5.32 Å². The van der Waals surface area contributed by atoms with E-state index in [4.69, 9.17) is 4.74 Å². The summed E-state index contributed by atoms with van der Waals surface area (Å²) in [7, 11) is 0. The lowest BCUT2D eigenvalue weighted by Crippen LogP contribution is -2.21. The molecule has 0 bridgehead atoms. The molecule has 2 rings (SSSR count). The predicted molar refractivity (Wildman–Crippen MR) is 80.3 cm³/mol. The van der Waals surface area contributed by atoms with Crippen molar-refractivity contribution < 1.29 is 4.74 Å². The maximum atomic E-state index is 5.12. The molecule has 2 heteroatoms. The zero-order valence-corrected chi connectivity index (χ0v) is 12.0. The quantitative estimate of drug-likeness (QED) is 0.594. The van der Waals surface area contributed by atoms with Gasteiger partial charge in [0.25, 0.3) is 0 Å². The molecule has 0 saturated carbocycles. The molecule has 0 radical (unpaired) electrons. The maximum absolute atomic E-state index is 5.12. The Morgan fingerprint density at radius 3 is 2.89 bits per heavy atom. The molecular formula is C17H25NO. The van der Waals surface area contributed by atoms with Gasteiger partial charge in [-0.1, -0.05) is 24.8 Å². The van der Waals surface area contributed by atoms with E-state index in [1.807, 2.05) is 0 Å².